The van der Waals surface area contributed by atoms with E-state index in [1.165, 1.54) is 0 Å². The molecule has 2 unspecified atom stereocenters. The molecule has 0 radical (unpaired) electrons. The van der Waals surface area contributed by atoms with E-state index in [1.54, 1.807) is 19.1 Å². The molecule has 0 heterocycles. The number of nitrogens with one attached hydrogen (secondary N) is 1. The standard InChI is InChI=1S/C12H17N3O2/c1-8-2-4-11(7-12(8)15(16)17)14-10-5-3-9(13)6-10/h2,4,7,9-10,14H,3,5-6,13H2,1H3. The second-order valence-corrected chi connectivity index (χ2v) is 4.67. The van der Waals surface area contributed by atoms with Crippen LogP contribution in [0.5, 0.6) is 0 Å². The van der Waals surface area contributed by atoms with Crippen molar-refractivity contribution in [3.05, 3.63) is 33.9 Å². The fraction of sp³-hybridized carbons (Fsp3) is 0.500. The molecule has 92 valence electrons. The summed E-state index contributed by atoms with van der Waals surface area (Å²) in [7, 11) is 0. The number of hydrogen-bond acceptors (Lipinski definition) is 4. The summed E-state index contributed by atoms with van der Waals surface area (Å²) >= 11 is 0. The van der Waals surface area contributed by atoms with Gasteiger partial charge >= 0.3 is 0 Å². The third-order valence-electron chi connectivity index (χ3n) is 3.25. The first-order valence-corrected chi connectivity index (χ1v) is 5.83. The number of nitro groups is 1. The number of aryl methyl sites for hydroxylation is 1. The highest BCUT2D eigenvalue weighted by Crippen LogP contribution is 2.26. The summed E-state index contributed by atoms with van der Waals surface area (Å²) in [6.45, 7) is 1.74. The molecule has 1 fully saturated rings. The summed E-state index contributed by atoms with van der Waals surface area (Å²) in [4.78, 5) is 10.5. The van der Waals surface area contributed by atoms with E-state index in [0.29, 0.717) is 11.6 Å². The fourth-order valence-corrected chi connectivity index (χ4v) is 2.28. The van der Waals surface area contributed by atoms with Crippen molar-refractivity contribution in [1.82, 2.24) is 0 Å². The minimum Gasteiger partial charge on any atom is -0.382 e. The monoisotopic (exact) mass is 235 g/mol. The second kappa shape index (κ2) is 4.71. The van der Waals surface area contributed by atoms with Gasteiger partial charge in [0.05, 0.1) is 4.92 Å². The maximum Gasteiger partial charge on any atom is 0.274 e. The Labute approximate surface area is 100 Å². The maximum absolute atomic E-state index is 10.8. The van der Waals surface area contributed by atoms with Crippen molar-refractivity contribution in [3.63, 3.8) is 0 Å². The van der Waals surface area contributed by atoms with Crippen LogP contribution in [0.3, 0.4) is 0 Å². The molecule has 0 bridgehead atoms. The lowest BCUT2D eigenvalue weighted by molar-refractivity contribution is -0.385. The third kappa shape index (κ3) is 2.74. The van der Waals surface area contributed by atoms with Crippen molar-refractivity contribution in [2.75, 3.05) is 5.32 Å². The van der Waals surface area contributed by atoms with Crippen LogP contribution in [0.15, 0.2) is 18.2 Å². The molecule has 0 spiro atoms. The minimum absolute atomic E-state index is 0.164. The predicted octanol–water partition coefficient (Wildman–Crippen LogP) is 2.19. The van der Waals surface area contributed by atoms with E-state index in [9.17, 15) is 10.1 Å². The van der Waals surface area contributed by atoms with E-state index < -0.39 is 0 Å². The Morgan fingerprint density at radius 2 is 2.24 bits per heavy atom. The first kappa shape index (κ1) is 11.9. The second-order valence-electron chi connectivity index (χ2n) is 4.67. The molecular weight excluding hydrogens is 218 g/mol. The van der Waals surface area contributed by atoms with Gasteiger partial charge in [-0.3, -0.25) is 10.1 Å². The molecule has 0 aromatic heterocycles. The molecule has 5 nitrogen and oxygen atoms in total. The molecule has 5 heteroatoms. The molecule has 0 saturated heterocycles. The zero-order valence-corrected chi connectivity index (χ0v) is 9.85. The Bertz CT molecular complexity index is 434. The maximum atomic E-state index is 10.8. The van der Waals surface area contributed by atoms with Crippen molar-refractivity contribution in [2.24, 2.45) is 5.73 Å². The highest BCUT2D eigenvalue weighted by molar-refractivity contribution is 5.55. The van der Waals surface area contributed by atoms with Gasteiger partial charge in [0.1, 0.15) is 0 Å². The molecule has 1 aliphatic carbocycles. The van der Waals surface area contributed by atoms with Gasteiger partial charge in [-0.15, -0.1) is 0 Å². The number of nitrogens with zero attached hydrogens (tertiary/aromatic N) is 1. The number of nitro benzene ring substituents is 1. The van der Waals surface area contributed by atoms with Crippen LogP contribution in [0.1, 0.15) is 24.8 Å². The van der Waals surface area contributed by atoms with Crippen LogP contribution in [-0.4, -0.2) is 17.0 Å². The van der Waals surface area contributed by atoms with Crippen LogP contribution in [0.4, 0.5) is 11.4 Å². The molecule has 17 heavy (non-hydrogen) atoms. The number of rotatable bonds is 3. The van der Waals surface area contributed by atoms with E-state index in [4.69, 9.17) is 5.73 Å². The Kier molecular flexibility index (Phi) is 3.28. The van der Waals surface area contributed by atoms with E-state index in [1.807, 2.05) is 6.07 Å². The van der Waals surface area contributed by atoms with Gasteiger partial charge in [0.15, 0.2) is 0 Å². The van der Waals surface area contributed by atoms with Crippen molar-refractivity contribution in [2.45, 2.75) is 38.3 Å². The Morgan fingerprint density at radius 3 is 2.82 bits per heavy atom. The van der Waals surface area contributed by atoms with Gasteiger partial charge in [-0.05, 0) is 32.3 Å². The summed E-state index contributed by atoms with van der Waals surface area (Å²) in [5, 5.41) is 14.1. The largest absolute Gasteiger partial charge is 0.382 e. The quantitative estimate of drug-likeness (QED) is 0.621. The topological polar surface area (TPSA) is 81.2 Å². The van der Waals surface area contributed by atoms with Crippen molar-refractivity contribution in [3.8, 4) is 0 Å². The molecule has 2 atom stereocenters. The summed E-state index contributed by atoms with van der Waals surface area (Å²) < 4.78 is 0. The lowest BCUT2D eigenvalue weighted by atomic mass is 10.1. The third-order valence-corrected chi connectivity index (χ3v) is 3.25. The van der Waals surface area contributed by atoms with Gasteiger partial charge in [-0.25, -0.2) is 0 Å². The summed E-state index contributed by atoms with van der Waals surface area (Å²) in [5.74, 6) is 0. The zero-order valence-electron chi connectivity index (χ0n) is 9.85. The van der Waals surface area contributed by atoms with Gasteiger partial charge in [0, 0.05) is 29.4 Å². The normalized spacial score (nSPS) is 23.6. The first-order valence-electron chi connectivity index (χ1n) is 5.83. The van der Waals surface area contributed by atoms with Crippen LogP contribution in [0.2, 0.25) is 0 Å². The lowest BCUT2D eigenvalue weighted by Crippen LogP contribution is -2.20. The number of benzene rings is 1. The fourth-order valence-electron chi connectivity index (χ4n) is 2.28. The van der Waals surface area contributed by atoms with Crippen LogP contribution in [0.25, 0.3) is 0 Å². The van der Waals surface area contributed by atoms with Crippen LogP contribution >= 0.6 is 0 Å². The summed E-state index contributed by atoms with van der Waals surface area (Å²) in [5.41, 5.74) is 7.49. The Morgan fingerprint density at radius 1 is 1.47 bits per heavy atom. The van der Waals surface area contributed by atoms with Gasteiger partial charge in [-0.2, -0.15) is 0 Å². The molecule has 0 amide bonds. The van der Waals surface area contributed by atoms with Crippen molar-refractivity contribution in [1.29, 1.82) is 0 Å². The highest BCUT2D eigenvalue weighted by Gasteiger charge is 2.22. The Balaban J connectivity index is 2.11. The van der Waals surface area contributed by atoms with Crippen molar-refractivity contribution >= 4 is 11.4 Å². The van der Waals surface area contributed by atoms with E-state index in [2.05, 4.69) is 5.32 Å². The highest BCUT2D eigenvalue weighted by atomic mass is 16.6. The SMILES string of the molecule is Cc1ccc(NC2CCC(N)C2)cc1[N+](=O)[O-]. The number of nitrogens with two attached hydrogens (primary N) is 1. The molecule has 3 N–H and O–H groups in total. The molecule has 0 aliphatic heterocycles. The molecule has 1 aliphatic rings. The van der Waals surface area contributed by atoms with Crippen LogP contribution < -0.4 is 11.1 Å². The average molecular weight is 235 g/mol. The van der Waals surface area contributed by atoms with E-state index >= 15 is 0 Å². The summed E-state index contributed by atoms with van der Waals surface area (Å²) in [6, 6.07) is 5.85. The molecule has 1 saturated carbocycles. The average Bonchev–Trinajstić information content (AvgIpc) is 2.66. The van der Waals surface area contributed by atoms with E-state index in [0.717, 1.165) is 24.9 Å². The van der Waals surface area contributed by atoms with Crippen LogP contribution in [-0.2, 0) is 0 Å². The molecule has 1 aromatic rings. The predicted molar refractivity (Wildman–Crippen MR) is 67.1 cm³/mol. The van der Waals surface area contributed by atoms with Gasteiger partial charge in [0.2, 0.25) is 0 Å². The summed E-state index contributed by atoms with van der Waals surface area (Å²) in [6.07, 6.45) is 2.98. The lowest BCUT2D eigenvalue weighted by Gasteiger charge is -2.14. The number of hydrogen-bond donors (Lipinski definition) is 2. The molecular formula is C12H17N3O2. The smallest absolute Gasteiger partial charge is 0.274 e. The van der Waals surface area contributed by atoms with Crippen molar-refractivity contribution < 1.29 is 4.92 Å². The molecule has 2 rings (SSSR count). The zero-order chi connectivity index (χ0) is 12.4. The van der Waals surface area contributed by atoms with E-state index in [-0.39, 0.29) is 16.7 Å². The number of anilines is 1. The molecule has 1 aromatic carbocycles. The Hall–Kier alpha value is -1.62. The van der Waals surface area contributed by atoms with Gasteiger partial charge in [0.25, 0.3) is 5.69 Å². The first-order chi connectivity index (χ1) is 8.06. The van der Waals surface area contributed by atoms with Gasteiger partial charge < -0.3 is 11.1 Å². The van der Waals surface area contributed by atoms with Gasteiger partial charge in [-0.1, -0.05) is 6.07 Å². The van der Waals surface area contributed by atoms with Crippen LogP contribution in [0, 0.1) is 17.0 Å². The minimum atomic E-state index is -0.346.